The number of hydrogen-bond acceptors (Lipinski definition) is 3. The summed E-state index contributed by atoms with van der Waals surface area (Å²) < 4.78 is 0. The summed E-state index contributed by atoms with van der Waals surface area (Å²) in [4.78, 5) is 14.9. The number of carbonyl (C=O) groups is 1. The van der Waals surface area contributed by atoms with Crippen molar-refractivity contribution in [3.05, 3.63) is 36.0 Å². The fraction of sp³-hybridized carbons (Fsp3) is 0.250. The van der Waals surface area contributed by atoms with Gasteiger partial charge < -0.3 is 20.5 Å². The quantitative estimate of drug-likeness (QED) is 0.611. The van der Waals surface area contributed by atoms with Gasteiger partial charge in [-0.25, -0.2) is 0 Å². The summed E-state index contributed by atoms with van der Waals surface area (Å²) in [5.74, 6) is -0.310. The van der Waals surface area contributed by atoms with Crippen LogP contribution >= 0.6 is 0 Å². The number of para-hydroxylation sites is 1. The lowest BCUT2D eigenvalue weighted by Gasteiger charge is -2.12. The number of aliphatic hydroxyl groups excluding tert-OH is 2. The average Bonchev–Trinajstić information content (AvgIpc) is 2.79. The Labute approximate surface area is 98.1 Å². The smallest absolute Gasteiger partial charge is 0.253 e. The molecule has 17 heavy (non-hydrogen) atoms. The Hall–Kier alpha value is -1.85. The molecule has 2 aromatic rings. The second-order valence-electron chi connectivity index (χ2n) is 3.78. The first-order valence-electron chi connectivity index (χ1n) is 5.35. The van der Waals surface area contributed by atoms with Gasteiger partial charge in [-0.05, 0) is 6.07 Å². The number of aromatic nitrogens is 1. The van der Waals surface area contributed by atoms with Crippen LogP contribution in [0.1, 0.15) is 10.4 Å². The maximum absolute atomic E-state index is 11.9. The van der Waals surface area contributed by atoms with Gasteiger partial charge in [0.15, 0.2) is 0 Å². The maximum Gasteiger partial charge on any atom is 0.253 e. The highest BCUT2D eigenvalue weighted by Crippen LogP contribution is 2.17. The van der Waals surface area contributed by atoms with Crippen molar-refractivity contribution in [3.8, 4) is 0 Å². The van der Waals surface area contributed by atoms with Gasteiger partial charge in [-0.2, -0.15) is 0 Å². The molecule has 0 fully saturated rings. The summed E-state index contributed by atoms with van der Waals surface area (Å²) in [6, 6.07) is 6.82. The molecule has 1 aromatic carbocycles. The van der Waals surface area contributed by atoms with E-state index in [1.54, 1.807) is 6.20 Å². The van der Waals surface area contributed by atoms with E-state index in [1.807, 2.05) is 24.3 Å². The van der Waals surface area contributed by atoms with E-state index in [-0.39, 0.29) is 19.1 Å². The molecule has 0 unspecified atom stereocenters. The molecule has 0 saturated heterocycles. The van der Waals surface area contributed by atoms with E-state index in [2.05, 4.69) is 10.3 Å². The third-order valence-corrected chi connectivity index (χ3v) is 2.61. The summed E-state index contributed by atoms with van der Waals surface area (Å²) in [6.45, 7) is -0.574. The Bertz CT molecular complexity index is 517. The van der Waals surface area contributed by atoms with Gasteiger partial charge in [0.25, 0.3) is 5.91 Å². The number of carbonyl (C=O) groups excluding carboxylic acids is 1. The lowest BCUT2D eigenvalue weighted by Crippen LogP contribution is -2.40. The lowest BCUT2D eigenvalue weighted by atomic mass is 10.1. The number of aromatic amines is 1. The van der Waals surface area contributed by atoms with Crippen molar-refractivity contribution in [2.24, 2.45) is 0 Å². The van der Waals surface area contributed by atoms with E-state index in [4.69, 9.17) is 10.2 Å². The van der Waals surface area contributed by atoms with Crippen molar-refractivity contribution in [2.45, 2.75) is 6.04 Å². The van der Waals surface area contributed by atoms with Gasteiger partial charge in [0.1, 0.15) is 0 Å². The first-order valence-corrected chi connectivity index (χ1v) is 5.35. The zero-order valence-corrected chi connectivity index (χ0v) is 9.18. The number of aliphatic hydroxyl groups is 2. The molecule has 2 rings (SSSR count). The first kappa shape index (κ1) is 11.6. The van der Waals surface area contributed by atoms with Crippen LogP contribution in [0.2, 0.25) is 0 Å². The summed E-state index contributed by atoms with van der Waals surface area (Å²) in [6.07, 6.45) is 1.62. The molecule has 0 bridgehead atoms. The second-order valence-corrected chi connectivity index (χ2v) is 3.78. The van der Waals surface area contributed by atoms with Crippen LogP contribution in [0.25, 0.3) is 10.9 Å². The van der Waals surface area contributed by atoms with Gasteiger partial charge in [-0.1, -0.05) is 18.2 Å². The number of fused-ring (bicyclic) bond motifs is 1. The van der Waals surface area contributed by atoms with Crippen molar-refractivity contribution in [1.29, 1.82) is 0 Å². The summed E-state index contributed by atoms with van der Waals surface area (Å²) in [5.41, 5.74) is 1.38. The highest BCUT2D eigenvalue weighted by atomic mass is 16.3. The molecule has 0 radical (unpaired) electrons. The zero-order chi connectivity index (χ0) is 12.3. The molecule has 90 valence electrons. The van der Waals surface area contributed by atoms with Gasteiger partial charge in [-0.15, -0.1) is 0 Å². The van der Waals surface area contributed by atoms with E-state index in [0.29, 0.717) is 5.56 Å². The minimum Gasteiger partial charge on any atom is -0.394 e. The molecule has 0 atom stereocenters. The van der Waals surface area contributed by atoms with Crippen LogP contribution in [-0.4, -0.2) is 40.4 Å². The third-order valence-electron chi connectivity index (χ3n) is 2.61. The average molecular weight is 234 g/mol. The predicted molar refractivity (Wildman–Crippen MR) is 63.7 cm³/mol. The Morgan fingerprint density at radius 1 is 1.29 bits per heavy atom. The Morgan fingerprint density at radius 2 is 2.00 bits per heavy atom. The fourth-order valence-corrected chi connectivity index (χ4v) is 1.67. The molecule has 0 aliphatic carbocycles. The molecule has 1 aromatic heterocycles. The molecular weight excluding hydrogens is 220 g/mol. The van der Waals surface area contributed by atoms with Crippen LogP contribution in [0, 0.1) is 0 Å². The normalized spacial score (nSPS) is 11.0. The summed E-state index contributed by atoms with van der Waals surface area (Å²) in [7, 11) is 0. The minimum atomic E-state index is -0.629. The molecule has 0 spiro atoms. The number of nitrogens with one attached hydrogen (secondary N) is 2. The van der Waals surface area contributed by atoms with Gasteiger partial charge in [-0.3, -0.25) is 4.79 Å². The summed E-state index contributed by atoms with van der Waals surface area (Å²) >= 11 is 0. The van der Waals surface area contributed by atoms with Crippen molar-refractivity contribution in [1.82, 2.24) is 10.3 Å². The van der Waals surface area contributed by atoms with Crippen LogP contribution in [0.15, 0.2) is 30.5 Å². The van der Waals surface area contributed by atoms with Crippen molar-refractivity contribution >= 4 is 16.8 Å². The Balaban J connectivity index is 2.25. The lowest BCUT2D eigenvalue weighted by molar-refractivity contribution is 0.0881. The van der Waals surface area contributed by atoms with E-state index in [1.165, 1.54) is 0 Å². The molecule has 0 aliphatic heterocycles. The van der Waals surface area contributed by atoms with Crippen LogP contribution in [-0.2, 0) is 0 Å². The largest absolute Gasteiger partial charge is 0.394 e. The second kappa shape index (κ2) is 4.99. The molecule has 0 aliphatic rings. The SMILES string of the molecule is O=C(NC(CO)CO)c1c[nH]c2ccccc12. The number of hydrogen-bond donors (Lipinski definition) is 4. The zero-order valence-electron chi connectivity index (χ0n) is 9.18. The van der Waals surface area contributed by atoms with Gasteiger partial charge in [0.2, 0.25) is 0 Å². The fourth-order valence-electron chi connectivity index (χ4n) is 1.67. The van der Waals surface area contributed by atoms with E-state index < -0.39 is 6.04 Å². The maximum atomic E-state index is 11.9. The highest BCUT2D eigenvalue weighted by Gasteiger charge is 2.15. The topological polar surface area (TPSA) is 85.3 Å². The van der Waals surface area contributed by atoms with E-state index >= 15 is 0 Å². The number of H-pyrrole nitrogens is 1. The molecule has 1 amide bonds. The van der Waals surface area contributed by atoms with Gasteiger partial charge in [0.05, 0.1) is 24.8 Å². The predicted octanol–water partition coefficient (Wildman–Crippen LogP) is 0.251. The third kappa shape index (κ3) is 2.30. The summed E-state index contributed by atoms with van der Waals surface area (Å²) in [5, 5.41) is 21.2. The number of amides is 1. The molecule has 0 saturated carbocycles. The van der Waals surface area contributed by atoms with E-state index in [0.717, 1.165) is 10.9 Å². The molecule has 5 heteroatoms. The molecule has 4 N–H and O–H groups in total. The highest BCUT2D eigenvalue weighted by molar-refractivity contribution is 6.06. The standard InChI is InChI=1S/C12H14N2O3/c15-6-8(7-16)14-12(17)10-5-13-11-4-2-1-3-9(10)11/h1-5,8,13,15-16H,6-7H2,(H,14,17). The van der Waals surface area contributed by atoms with Crippen molar-refractivity contribution in [2.75, 3.05) is 13.2 Å². The Morgan fingerprint density at radius 3 is 2.71 bits per heavy atom. The monoisotopic (exact) mass is 234 g/mol. The Kier molecular flexibility index (Phi) is 3.41. The van der Waals surface area contributed by atoms with Crippen LogP contribution in [0.5, 0.6) is 0 Å². The molecule has 5 nitrogen and oxygen atoms in total. The molecule has 1 heterocycles. The minimum absolute atomic E-state index is 0.287. The first-order chi connectivity index (χ1) is 8.26. The van der Waals surface area contributed by atoms with Crippen molar-refractivity contribution in [3.63, 3.8) is 0 Å². The van der Waals surface area contributed by atoms with Gasteiger partial charge >= 0.3 is 0 Å². The van der Waals surface area contributed by atoms with Crippen LogP contribution in [0.3, 0.4) is 0 Å². The number of benzene rings is 1. The molecular formula is C12H14N2O3. The van der Waals surface area contributed by atoms with Gasteiger partial charge in [0, 0.05) is 17.1 Å². The van der Waals surface area contributed by atoms with E-state index in [9.17, 15) is 4.79 Å². The van der Waals surface area contributed by atoms with Crippen LogP contribution < -0.4 is 5.32 Å². The van der Waals surface area contributed by atoms with Crippen LogP contribution in [0.4, 0.5) is 0 Å². The van der Waals surface area contributed by atoms with Crippen molar-refractivity contribution < 1.29 is 15.0 Å². The number of rotatable bonds is 4.